The van der Waals surface area contributed by atoms with Crippen LogP contribution in [-0.4, -0.2) is 31.1 Å². The molecule has 0 amide bonds. The first kappa shape index (κ1) is 14.0. The molecule has 2 heterocycles. The fourth-order valence-corrected chi connectivity index (χ4v) is 10.7. The van der Waals surface area contributed by atoms with Crippen LogP contribution < -0.4 is 3.32 Å². The van der Waals surface area contributed by atoms with E-state index in [2.05, 4.69) is 9.90 Å². The first-order valence-corrected chi connectivity index (χ1v) is 11.8. The van der Waals surface area contributed by atoms with Crippen LogP contribution in [0.15, 0.2) is 52.0 Å². The number of aryl methyl sites for hydroxylation is 1. The summed E-state index contributed by atoms with van der Waals surface area (Å²) in [4.78, 5) is 0. The first-order valence-electron chi connectivity index (χ1n) is 6.57. The molecule has 0 saturated heterocycles. The van der Waals surface area contributed by atoms with E-state index >= 15 is 0 Å². The molecule has 21 heavy (non-hydrogen) atoms. The van der Waals surface area contributed by atoms with Crippen molar-refractivity contribution >= 4 is 28.2 Å². The molecular weight excluding hydrogens is 370 g/mol. The maximum atomic E-state index is 13.6. The van der Waals surface area contributed by atoms with Crippen LogP contribution in [0.1, 0.15) is 5.69 Å². The number of hydrogen-bond donors (Lipinski definition) is 1. The molecule has 1 N–H and O–H groups in total. The van der Waals surface area contributed by atoms with Gasteiger partial charge in [0, 0.05) is 0 Å². The minimum atomic E-state index is -2.63. The van der Waals surface area contributed by atoms with Crippen LogP contribution in [0.2, 0.25) is 0 Å². The van der Waals surface area contributed by atoms with Crippen molar-refractivity contribution < 1.29 is 9.50 Å². The molecule has 0 bridgehead atoms. The molecule has 2 aromatic rings. The zero-order valence-corrected chi connectivity index (χ0v) is 14.7. The number of nitrogens with zero attached hydrogens (tertiary/aromatic N) is 2. The number of allylic oxidation sites excluding steroid dienone is 2. The van der Waals surface area contributed by atoms with Gasteiger partial charge in [-0.05, 0) is 0 Å². The molecule has 1 aliphatic heterocycles. The Morgan fingerprint density at radius 1 is 1.33 bits per heavy atom. The summed E-state index contributed by atoms with van der Waals surface area (Å²) < 4.78 is 19.7. The molecule has 1 aliphatic rings. The average Bonchev–Trinajstić information content (AvgIpc) is 3.07. The summed E-state index contributed by atoms with van der Waals surface area (Å²) in [5, 5.41) is 18.7. The van der Waals surface area contributed by atoms with Crippen molar-refractivity contribution in [3.8, 4) is 11.8 Å². The summed E-state index contributed by atoms with van der Waals surface area (Å²) in [5.74, 6) is -0.943. The fraction of sp³-hybridized carbons (Fsp3) is 0.0625. The van der Waals surface area contributed by atoms with E-state index in [1.807, 2.05) is 35.9 Å². The van der Waals surface area contributed by atoms with Gasteiger partial charge in [-0.25, -0.2) is 0 Å². The second kappa shape index (κ2) is 5.45. The second-order valence-electron chi connectivity index (χ2n) is 4.98. The van der Waals surface area contributed by atoms with Gasteiger partial charge in [0.1, 0.15) is 0 Å². The summed E-state index contributed by atoms with van der Waals surface area (Å²) >= 11 is -2.63. The third-order valence-corrected chi connectivity index (χ3v) is 11.8. The van der Waals surface area contributed by atoms with E-state index < -0.39 is 27.3 Å². The van der Waals surface area contributed by atoms with Crippen LogP contribution in [0.4, 0.5) is 4.39 Å². The zero-order valence-electron chi connectivity index (χ0n) is 11.4. The second-order valence-corrected chi connectivity index (χ2v) is 12.3. The van der Waals surface area contributed by atoms with Crippen molar-refractivity contribution in [1.82, 2.24) is 4.57 Å². The topological polar surface area (TPSA) is 49.0 Å². The molecule has 1 aromatic carbocycles. The van der Waals surface area contributed by atoms with Gasteiger partial charge >= 0.3 is 130 Å². The van der Waals surface area contributed by atoms with E-state index in [1.165, 1.54) is 12.1 Å². The molecule has 102 valence electrons. The number of phenols is 1. The number of aromatic nitrogens is 1. The van der Waals surface area contributed by atoms with Gasteiger partial charge in [-0.2, -0.15) is 0 Å². The predicted molar refractivity (Wildman–Crippen MR) is 80.6 cm³/mol. The standard InChI is InChI=1S/C10H8N2.C6H4FO.In/c1-3-10(7-11)8-12-6-4-5-9(12)2;7-5-3-1-2-4-6(5)8;/h1,3-6H,2H3;2-4,8H;. The molecule has 1 aromatic heterocycles. The molecule has 0 aliphatic carbocycles. The van der Waals surface area contributed by atoms with Crippen LogP contribution >= 0.6 is 0 Å². The Morgan fingerprint density at radius 2 is 2.14 bits per heavy atom. The molecule has 5 heteroatoms. The molecule has 0 unspecified atom stereocenters. The number of halogens is 1. The Hall–Kier alpha value is -1.93. The minimum absolute atomic E-state index is 0.338. The first-order chi connectivity index (χ1) is 10.1. The summed E-state index contributed by atoms with van der Waals surface area (Å²) in [6.45, 7) is 1.99. The maximum absolute atomic E-state index is 13.6. The van der Waals surface area contributed by atoms with Gasteiger partial charge in [-0.15, -0.1) is 0 Å². The third kappa shape index (κ3) is 2.40. The Bertz CT molecular complexity index is 814. The molecule has 3 nitrogen and oxygen atoms in total. The van der Waals surface area contributed by atoms with E-state index in [4.69, 9.17) is 0 Å². The van der Waals surface area contributed by atoms with Crippen LogP contribution in [0, 0.1) is 24.1 Å². The summed E-state index contributed by atoms with van der Waals surface area (Å²) in [5.41, 5.74) is 1.71. The summed E-state index contributed by atoms with van der Waals surface area (Å²) in [6.07, 6.45) is 3.79. The van der Waals surface area contributed by atoms with Crippen molar-refractivity contribution in [2.24, 2.45) is 0 Å². The number of phenolic OH excluding ortho intramolecular Hbond substituents is 1. The summed E-state index contributed by atoms with van der Waals surface area (Å²) in [7, 11) is 0. The van der Waals surface area contributed by atoms with Crippen molar-refractivity contribution in [3.05, 3.63) is 63.5 Å². The molecule has 0 saturated carbocycles. The van der Waals surface area contributed by atoms with Crippen LogP contribution in [0.3, 0.4) is 0 Å². The van der Waals surface area contributed by atoms with Crippen LogP contribution in [0.25, 0.3) is 3.45 Å². The molecule has 3 rings (SSSR count). The number of nitriles is 1. The van der Waals surface area contributed by atoms with Crippen molar-refractivity contribution in [3.63, 3.8) is 0 Å². The van der Waals surface area contributed by atoms with E-state index in [0.717, 1.165) is 12.5 Å². The predicted octanol–water partition coefficient (Wildman–Crippen LogP) is 2.43. The number of aromatic hydroxyl groups is 1. The zero-order chi connectivity index (χ0) is 15.0. The van der Waals surface area contributed by atoms with Crippen molar-refractivity contribution in [2.75, 3.05) is 0 Å². The monoisotopic (exact) mass is 382 g/mol. The third-order valence-electron chi connectivity index (χ3n) is 3.69. The van der Waals surface area contributed by atoms with Crippen LogP contribution in [-0.2, 0) is 0 Å². The fourth-order valence-electron chi connectivity index (χ4n) is 2.63. The Labute approximate surface area is 129 Å². The van der Waals surface area contributed by atoms with Crippen LogP contribution in [0.5, 0.6) is 5.75 Å². The number of rotatable bonds is 2. The Balaban J connectivity index is 2.13. The van der Waals surface area contributed by atoms with Gasteiger partial charge < -0.3 is 0 Å². The Kier molecular flexibility index (Phi) is 3.64. The van der Waals surface area contributed by atoms with Gasteiger partial charge in [0.2, 0.25) is 0 Å². The quantitative estimate of drug-likeness (QED) is 0.868. The van der Waals surface area contributed by atoms with Crippen molar-refractivity contribution in [1.29, 1.82) is 5.26 Å². The molecule has 0 fully saturated rings. The van der Waals surface area contributed by atoms with E-state index in [-0.39, 0.29) is 5.75 Å². The van der Waals surface area contributed by atoms with E-state index in [0.29, 0.717) is 5.57 Å². The van der Waals surface area contributed by atoms with Gasteiger partial charge in [-0.1, -0.05) is 0 Å². The molecule has 0 atom stereocenters. The van der Waals surface area contributed by atoms with Gasteiger partial charge in [0.05, 0.1) is 0 Å². The number of benzene rings is 1. The van der Waals surface area contributed by atoms with Gasteiger partial charge in [0.25, 0.3) is 0 Å². The number of hydrogen-bond acceptors (Lipinski definition) is 2. The van der Waals surface area contributed by atoms with E-state index in [9.17, 15) is 14.8 Å². The van der Waals surface area contributed by atoms with E-state index in [1.54, 1.807) is 6.07 Å². The van der Waals surface area contributed by atoms with Gasteiger partial charge in [0.15, 0.2) is 0 Å². The molecular formula is C16H12FInN2O. The SMILES string of the molecule is Cc1cccn1[C]1=C(C#N)C=[CH][In]1[c]1ccc(O)c(F)c1. The average molecular weight is 382 g/mol. The molecule has 0 radical (unpaired) electrons. The molecule has 0 spiro atoms. The summed E-state index contributed by atoms with van der Waals surface area (Å²) in [6, 6.07) is 10.7. The van der Waals surface area contributed by atoms with Gasteiger partial charge in [-0.3, -0.25) is 0 Å². The van der Waals surface area contributed by atoms with Crippen molar-refractivity contribution in [2.45, 2.75) is 6.92 Å². The Morgan fingerprint density at radius 3 is 2.76 bits per heavy atom. The normalized spacial score (nSPS) is 13.9.